The van der Waals surface area contributed by atoms with Gasteiger partial charge in [0, 0.05) is 17.6 Å². The van der Waals surface area contributed by atoms with Gasteiger partial charge in [0.05, 0.1) is 12.6 Å². The fraction of sp³-hybridized carbons (Fsp3) is 0.444. The molecule has 0 aromatic rings. The maximum absolute atomic E-state index is 10.5. The summed E-state index contributed by atoms with van der Waals surface area (Å²) >= 11 is 3.41. The van der Waals surface area contributed by atoms with E-state index in [2.05, 4.69) is 28.0 Å². The lowest BCUT2D eigenvalue weighted by molar-refractivity contribution is -0.118. The number of carbonyl (C=O) groups is 1. The maximum Gasteiger partial charge on any atom is 0.210 e. The van der Waals surface area contributed by atoms with Gasteiger partial charge in [0.1, 0.15) is 0 Å². The molecule has 1 unspecified atom stereocenters. The van der Waals surface area contributed by atoms with Crippen LogP contribution in [0, 0.1) is 0 Å². The Hall–Kier alpha value is -0.650. The highest BCUT2D eigenvalue weighted by molar-refractivity contribution is 9.11. The average molecular weight is 261 g/mol. The number of hydroxylamine groups is 1. The van der Waals surface area contributed by atoms with Gasteiger partial charge in [-0.15, -0.1) is 6.58 Å². The van der Waals surface area contributed by atoms with Crippen molar-refractivity contribution in [2.45, 2.75) is 6.04 Å². The van der Waals surface area contributed by atoms with Gasteiger partial charge in [-0.3, -0.25) is 9.63 Å². The minimum atomic E-state index is 0.00824. The number of nitrogens with one attached hydrogen (secondary N) is 1. The number of hydrogen-bond acceptors (Lipinski definition) is 3. The molecule has 0 radical (unpaired) electrons. The second-order valence-electron chi connectivity index (χ2n) is 2.92. The highest BCUT2D eigenvalue weighted by Gasteiger charge is 2.19. The van der Waals surface area contributed by atoms with E-state index in [1.807, 2.05) is 6.08 Å². The number of rotatable bonds is 5. The molecule has 0 fully saturated rings. The zero-order chi connectivity index (χ0) is 10.4. The highest BCUT2D eigenvalue weighted by Crippen LogP contribution is 2.16. The molecule has 14 heavy (non-hydrogen) atoms. The van der Waals surface area contributed by atoms with Crippen LogP contribution in [0.3, 0.4) is 0 Å². The Bertz CT molecular complexity index is 243. The van der Waals surface area contributed by atoms with Gasteiger partial charge < -0.3 is 4.90 Å². The van der Waals surface area contributed by atoms with Gasteiger partial charge in [0.25, 0.3) is 0 Å². The van der Waals surface area contributed by atoms with E-state index in [4.69, 9.17) is 4.84 Å². The van der Waals surface area contributed by atoms with E-state index in [0.717, 1.165) is 10.9 Å². The smallest absolute Gasteiger partial charge is 0.210 e. The van der Waals surface area contributed by atoms with Gasteiger partial charge in [-0.25, -0.2) is 0 Å². The molecule has 4 nitrogen and oxygen atoms in total. The lowest BCUT2D eigenvalue weighted by atomic mass is 10.2. The third-order valence-corrected chi connectivity index (χ3v) is 2.72. The van der Waals surface area contributed by atoms with Crippen molar-refractivity contribution >= 4 is 22.3 Å². The van der Waals surface area contributed by atoms with Crippen LogP contribution in [0.5, 0.6) is 0 Å². The number of nitrogens with zero attached hydrogens (tertiary/aromatic N) is 1. The molecule has 0 spiro atoms. The first-order valence-electron chi connectivity index (χ1n) is 4.31. The van der Waals surface area contributed by atoms with Crippen molar-refractivity contribution in [2.75, 3.05) is 19.7 Å². The lowest BCUT2D eigenvalue weighted by Gasteiger charge is -2.28. The zero-order valence-corrected chi connectivity index (χ0v) is 9.37. The fourth-order valence-corrected chi connectivity index (χ4v) is 1.51. The first kappa shape index (κ1) is 11.4. The minimum absolute atomic E-state index is 0.00824. The number of amides is 1. The van der Waals surface area contributed by atoms with Crippen molar-refractivity contribution < 1.29 is 9.63 Å². The zero-order valence-electron chi connectivity index (χ0n) is 7.78. The van der Waals surface area contributed by atoms with Crippen LogP contribution in [0.1, 0.15) is 0 Å². The Morgan fingerprint density at radius 2 is 2.64 bits per heavy atom. The van der Waals surface area contributed by atoms with Crippen molar-refractivity contribution in [3.05, 3.63) is 23.2 Å². The summed E-state index contributed by atoms with van der Waals surface area (Å²) in [5, 5.41) is 0. The van der Waals surface area contributed by atoms with E-state index in [1.165, 1.54) is 0 Å². The van der Waals surface area contributed by atoms with Crippen LogP contribution >= 0.6 is 15.9 Å². The van der Waals surface area contributed by atoms with Crippen LogP contribution < -0.4 is 5.48 Å². The Balaban J connectivity index is 2.41. The number of carbonyl (C=O) groups excluding carboxylic acids is 1. The molecule has 0 aromatic heterocycles. The molecule has 1 aliphatic rings. The van der Waals surface area contributed by atoms with Crippen molar-refractivity contribution in [3.63, 3.8) is 0 Å². The molecule has 1 heterocycles. The van der Waals surface area contributed by atoms with Crippen molar-refractivity contribution in [1.29, 1.82) is 0 Å². The van der Waals surface area contributed by atoms with Crippen molar-refractivity contribution in [2.24, 2.45) is 0 Å². The molecule has 0 saturated carbocycles. The summed E-state index contributed by atoms with van der Waals surface area (Å²) in [4.78, 5) is 17.3. The molecule has 0 saturated heterocycles. The van der Waals surface area contributed by atoms with Crippen molar-refractivity contribution in [3.8, 4) is 0 Å². The van der Waals surface area contributed by atoms with Gasteiger partial charge in [-0.1, -0.05) is 28.1 Å². The van der Waals surface area contributed by atoms with Crippen LogP contribution in [-0.2, 0) is 9.63 Å². The van der Waals surface area contributed by atoms with Gasteiger partial charge >= 0.3 is 0 Å². The summed E-state index contributed by atoms with van der Waals surface area (Å²) in [6, 6.07) is 0.00824. The third kappa shape index (κ3) is 3.25. The number of halogens is 1. The Morgan fingerprint density at radius 1 is 1.86 bits per heavy atom. The third-order valence-electron chi connectivity index (χ3n) is 1.85. The molecule has 0 aromatic carbocycles. The molecule has 0 bridgehead atoms. The second-order valence-corrected chi connectivity index (χ2v) is 3.83. The first-order chi connectivity index (χ1) is 6.77. The normalized spacial score (nSPS) is 21.6. The minimum Gasteiger partial charge on any atom is -0.339 e. The Kier molecular flexibility index (Phi) is 4.86. The molecule has 0 aliphatic carbocycles. The van der Waals surface area contributed by atoms with Crippen LogP contribution in [0.15, 0.2) is 23.2 Å². The van der Waals surface area contributed by atoms with Crippen LogP contribution in [0.4, 0.5) is 0 Å². The van der Waals surface area contributed by atoms with E-state index in [9.17, 15) is 4.79 Å². The molecule has 1 aliphatic heterocycles. The SMILES string of the molecule is C=CCONC1CN(C=O)CC=C1Br. The van der Waals surface area contributed by atoms with Crippen LogP contribution in [0.25, 0.3) is 0 Å². The standard InChI is InChI=1S/C9H13BrN2O2/c1-2-5-14-11-9-6-12(7-13)4-3-8(9)10/h2-3,7,9,11H,1,4-6H2. The monoisotopic (exact) mass is 260 g/mol. The highest BCUT2D eigenvalue weighted by atomic mass is 79.9. The van der Waals surface area contributed by atoms with Crippen molar-refractivity contribution in [1.82, 2.24) is 10.4 Å². The summed E-state index contributed by atoms with van der Waals surface area (Å²) in [6.45, 7) is 5.23. The van der Waals surface area contributed by atoms with E-state index >= 15 is 0 Å². The molecular weight excluding hydrogens is 248 g/mol. The van der Waals surface area contributed by atoms with E-state index in [1.54, 1.807) is 11.0 Å². The summed E-state index contributed by atoms with van der Waals surface area (Å²) in [7, 11) is 0. The predicted octanol–water partition coefficient (Wildman–Crippen LogP) is 0.813. The largest absolute Gasteiger partial charge is 0.339 e. The van der Waals surface area contributed by atoms with Gasteiger partial charge in [-0.05, 0) is 0 Å². The fourth-order valence-electron chi connectivity index (χ4n) is 1.13. The van der Waals surface area contributed by atoms with E-state index in [0.29, 0.717) is 19.7 Å². The molecule has 5 heteroatoms. The van der Waals surface area contributed by atoms with Gasteiger partial charge in [0.15, 0.2) is 0 Å². The van der Waals surface area contributed by atoms with Crippen LogP contribution in [-0.4, -0.2) is 37.0 Å². The quantitative estimate of drug-likeness (QED) is 0.344. The molecular formula is C9H13BrN2O2. The second kappa shape index (κ2) is 5.95. The Morgan fingerprint density at radius 3 is 3.29 bits per heavy atom. The number of hydrogen-bond donors (Lipinski definition) is 1. The molecule has 1 rings (SSSR count). The Labute approximate surface area is 91.7 Å². The van der Waals surface area contributed by atoms with Gasteiger partial charge in [-0.2, -0.15) is 5.48 Å². The summed E-state index contributed by atoms with van der Waals surface area (Å²) in [5.41, 5.74) is 2.85. The molecule has 78 valence electrons. The molecule has 1 amide bonds. The van der Waals surface area contributed by atoms with E-state index in [-0.39, 0.29) is 6.04 Å². The van der Waals surface area contributed by atoms with E-state index < -0.39 is 0 Å². The molecule has 1 N–H and O–H groups in total. The van der Waals surface area contributed by atoms with Crippen LogP contribution in [0.2, 0.25) is 0 Å². The lowest BCUT2D eigenvalue weighted by Crippen LogP contribution is -2.44. The summed E-state index contributed by atoms with van der Waals surface area (Å²) < 4.78 is 1.01. The summed E-state index contributed by atoms with van der Waals surface area (Å²) in [5.74, 6) is 0. The summed E-state index contributed by atoms with van der Waals surface area (Å²) in [6.07, 6.45) is 4.43. The molecule has 1 atom stereocenters. The predicted molar refractivity (Wildman–Crippen MR) is 57.7 cm³/mol. The van der Waals surface area contributed by atoms with Gasteiger partial charge in [0.2, 0.25) is 6.41 Å². The first-order valence-corrected chi connectivity index (χ1v) is 5.10. The topological polar surface area (TPSA) is 41.6 Å². The average Bonchev–Trinajstić information content (AvgIpc) is 2.21. The maximum atomic E-state index is 10.5.